The lowest BCUT2D eigenvalue weighted by Gasteiger charge is -2.33. The lowest BCUT2D eigenvalue weighted by atomic mass is 9.95. The van der Waals surface area contributed by atoms with Gasteiger partial charge in [-0.05, 0) is 17.7 Å². The number of halogens is 1. The monoisotopic (exact) mass is 237 g/mol. The quantitative estimate of drug-likeness (QED) is 0.814. The zero-order valence-corrected chi connectivity index (χ0v) is 9.10. The van der Waals surface area contributed by atoms with Crippen LogP contribution in [0.25, 0.3) is 0 Å². The van der Waals surface area contributed by atoms with Gasteiger partial charge in [-0.25, -0.2) is 9.18 Å². The number of amides is 1. The number of hydrogen-bond acceptors (Lipinski definition) is 2. The van der Waals surface area contributed by atoms with Crippen molar-refractivity contribution >= 4 is 11.9 Å². The molecule has 1 saturated heterocycles. The van der Waals surface area contributed by atoms with Crippen LogP contribution in [0.2, 0.25) is 0 Å². The van der Waals surface area contributed by atoms with Gasteiger partial charge in [-0.15, -0.1) is 0 Å². The number of ketones is 1. The fourth-order valence-corrected chi connectivity index (χ4v) is 2.07. The van der Waals surface area contributed by atoms with Gasteiger partial charge in [0.25, 0.3) is 0 Å². The number of nitrogens with zero attached hydrogens (tertiary/aromatic N) is 1. The number of hydrogen-bond donors (Lipinski definition) is 1. The Morgan fingerprint density at radius 1 is 1.47 bits per heavy atom. The van der Waals surface area contributed by atoms with E-state index < -0.39 is 18.0 Å². The minimum absolute atomic E-state index is 0.0109. The Morgan fingerprint density at radius 3 is 2.88 bits per heavy atom. The maximum atomic E-state index is 13.1. The molecule has 17 heavy (non-hydrogen) atoms. The van der Waals surface area contributed by atoms with Gasteiger partial charge in [-0.2, -0.15) is 0 Å². The van der Waals surface area contributed by atoms with Gasteiger partial charge in [0.05, 0.1) is 6.04 Å². The second-order valence-electron chi connectivity index (χ2n) is 4.04. The van der Waals surface area contributed by atoms with Gasteiger partial charge in [-0.3, -0.25) is 4.79 Å². The smallest absolute Gasteiger partial charge is 0.407 e. The van der Waals surface area contributed by atoms with Crippen molar-refractivity contribution in [1.82, 2.24) is 4.90 Å². The topological polar surface area (TPSA) is 57.6 Å². The van der Waals surface area contributed by atoms with Crippen LogP contribution in [-0.2, 0) is 4.79 Å². The van der Waals surface area contributed by atoms with E-state index in [1.54, 1.807) is 6.07 Å². The lowest BCUT2D eigenvalue weighted by Crippen LogP contribution is -2.40. The summed E-state index contributed by atoms with van der Waals surface area (Å²) in [7, 11) is 0. The summed E-state index contributed by atoms with van der Waals surface area (Å²) < 4.78 is 13.1. The third-order valence-corrected chi connectivity index (χ3v) is 2.91. The molecule has 1 aromatic rings. The Hall–Kier alpha value is -1.91. The molecule has 0 radical (unpaired) electrons. The average molecular weight is 237 g/mol. The van der Waals surface area contributed by atoms with Crippen molar-refractivity contribution in [3.8, 4) is 0 Å². The first-order chi connectivity index (χ1) is 8.08. The highest BCUT2D eigenvalue weighted by atomic mass is 19.1. The second-order valence-corrected chi connectivity index (χ2v) is 4.04. The van der Waals surface area contributed by atoms with Crippen molar-refractivity contribution in [2.45, 2.75) is 18.9 Å². The minimum Gasteiger partial charge on any atom is -0.465 e. The van der Waals surface area contributed by atoms with E-state index in [1.165, 1.54) is 23.1 Å². The zero-order valence-electron chi connectivity index (χ0n) is 9.10. The summed E-state index contributed by atoms with van der Waals surface area (Å²) in [5.41, 5.74) is 0.528. The summed E-state index contributed by atoms with van der Waals surface area (Å²) in [4.78, 5) is 23.6. The zero-order chi connectivity index (χ0) is 12.4. The molecule has 90 valence electrons. The molecule has 1 heterocycles. The molecule has 1 atom stereocenters. The molecule has 0 aromatic heterocycles. The Balaban J connectivity index is 2.32. The number of Topliss-reactive ketones (excluding diaryl/α,β-unsaturated/α-hetero) is 1. The van der Waals surface area contributed by atoms with Gasteiger partial charge in [0.2, 0.25) is 0 Å². The molecule has 2 rings (SSSR count). The third kappa shape index (κ3) is 2.43. The maximum absolute atomic E-state index is 13.1. The van der Waals surface area contributed by atoms with E-state index in [2.05, 4.69) is 0 Å². The first-order valence-electron chi connectivity index (χ1n) is 5.34. The lowest BCUT2D eigenvalue weighted by molar-refractivity contribution is -0.122. The molecule has 4 nitrogen and oxygen atoms in total. The molecule has 1 amide bonds. The minimum atomic E-state index is -1.08. The van der Waals surface area contributed by atoms with Crippen LogP contribution in [0.1, 0.15) is 24.4 Å². The van der Waals surface area contributed by atoms with Crippen LogP contribution >= 0.6 is 0 Å². The molecular weight excluding hydrogens is 225 g/mol. The fourth-order valence-electron chi connectivity index (χ4n) is 2.07. The van der Waals surface area contributed by atoms with E-state index in [4.69, 9.17) is 5.11 Å². The first-order valence-corrected chi connectivity index (χ1v) is 5.34. The van der Waals surface area contributed by atoms with Crippen molar-refractivity contribution in [1.29, 1.82) is 0 Å². The van der Waals surface area contributed by atoms with Gasteiger partial charge in [-0.1, -0.05) is 12.1 Å². The molecule has 0 saturated carbocycles. The summed E-state index contributed by atoms with van der Waals surface area (Å²) in [6, 6.07) is 5.16. The predicted molar refractivity (Wildman–Crippen MR) is 58.1 cm³/mol. The Labute approximate surface area is 97.7 Å². The van der Waals surface area contributed by atoms with Gasteiger partial charge >= 0.3 is 6.09 Å². The molecule has 0 aliphatic carbocycles. The van der Waals surface area contributed by atoms with Crippen LogP contribution in [0.15, 0.2) is 24.3 Å². The number of likely N-dealkylation sites (tertiary alicyclic amines) is 1. The van der Waals surface area contributed by atoms with E-state index >= 15 is 0 Å². The molecular formula is C12H12FNO3. The second kappa shape index (κ2) is 4.53. The average Bonchev–Trinajstić information content (AvgIpc) is 2.28. The van der Waals surface area contributed by atoms with Crippen molar-refractivity contribution < 1.29 is 19.1 Å². The molecule has 1 aliphatic heterocycles. The standard InChI is InChI=1S/C12H12FNO3/c13-9-3-1-2-8(6-9)11-7-10(15)4-5-14(11)12(16)17/h1-3,6,11H,4-5,7H2,(H,16,17). The van der Waals surface area contributed by atoms with Gasteiger partial charge in [0, 0.05) is 19.4 Å². The summed E-state index contributed by atoms with van der Waals surface area (Å²) in [6.07, 6.45) is -0.722. The first kappa shape index (κ1) is 11.6. The highest BCUT2D eigenvalue weighted by Crippen LogP contribution is 2.29. The Kier molecular flexibility index (Phi) is 3.08. The van der Waals surface area contributed by atoms with E-state index in [-0.39, 0.29) is 25.2 Å². The maximum Gasteiger partial charge on any atom is 0.407 e. The molecule has 1 fully saturated rings. The highest BCUT2D eigenvalue weighted by Gasteiger charge is 2.31. The number of carbonyl (C=O) groups excluding carboxylic acids is 1. The van der Waals surface area contributed by atoms with E-state index in [0.29, 0.717) is 5.56 Å². The number of carboxylic acid groups (broad SMARTS) is 1. The summed E-state index contributed by atoms with van der Waals surface area (Å²) in [5.74, 6) is -0.414. The highest BCUT2D eigenvalue weighted by molar-refractivity contribution is 5.82. The van der Waals surface area contributed by atoms with Gasteiger partial charge < -0.3 is 10.0 Å². The summed E-state index contributed by atoms with van der Waals surface area (Å²) in [6.45, 7) is 0.176. The fraction of sp³-hybridized carbons (Fsp3) is 0.333. The SMILES string of the molecule is O=C1CCN(C(=O)O)C(c2cccc(F)c2)C1. The number of piperidine rings is 1. The van der Waals surface area contributed by atoms with E-state index in [9.17, 15) is 14.0 Å². The van der Waals surface area contributed by atoms with Crippen LogP contribution in [0.5, 0.6) is 0 Å². The molecule has 0 bridgehead atoms. The third-order valence-electron chi connectivity index (χ3n) is 2.91. The van der Waals surface area contributed by atoms with Crippen molar-refractivity contribution in [2.75, 3.05) is 6.54 Å². The van der Waals surface area contributed by atoms with Crippen LogP contribution in [0.3, 0.4) is 0 Å². The Morgan fingerprint density at radius 2 is 2.24 bits per heavy atom. The Bertz CT molecular complexity index is 461. The molecule has 1 N–H and O–H groups in total. The normalized spacial score (nSPS) is 20.4. The summed E-state index contributed by atoms with van der Waals surface area (Å²) in [5, 5.41) is 9.05. The van der Waals surface area contributed by atoms with Gasteiger partial charge in [0.1, 0.15) is 11.6 Å². The number of rotatable bonds is 1. The van der Waals surface area contributed by atoms with Crippen molar-refractivity contribution in [3.05, 3.63) is 35.6 Å². The molecule has 1 aromatic carbocycles. The van der Waals surface area contributed by atoms with Crippen LogP contribution in [0, 0.1) is 5.82 Å². The molecule has 5 heteroatoms. The van der Waals surface area contributed by atoms with Crippen molar-refractivity contribution in [3.63, 3.8) is 0 Å². The summed E-state index contributed by atoms with van der Waals surface area (Å²) >= 11 is 0. The van der Waals surface area contributed by atoms with E-state index in [1.807, 2.05) is 0 Å². The van der Waals surface area contributed by atoms with Gasteiger partial charge in [0.15, 0.2) is 0 Å². The largest absolute Gasteiger partial charge is 0.465 e. The number of carbonyl (C=O) groups is 2. The molecule has 1 unspecified atom stereocenters. The van der Waals surface area contributed by atoms with E-state index in [0.717, 1.165) is 0 Å². The van der Waals surface area contributed by atoms with Crippen molar-refractivity contribution in [2.24, 2.45) is 0 Å². The van der Waals surface area contributed by atoms with Crippen LogP contribution in [0.4, 0.5) is 9.18 Å². The molecule has 0 spiro atoms. The predicted octanol–water partition coefficient (Wildman–Crippen LogP) is 2.21. The van der Waals surface area contributed by atoms with Crippen LogP contribution < -0.4 is 0 Å². The molecule has 1 aliphatic rings. The number of benzene rings is 1. The van der Waals surface area contributed by atoms with Crippen LogP contribution in [-0.4, -0.2) is 28.4 Å².